The molecular weight excluding hydrogens is 378 g/mol. The number of pyridine rings is 1. The molecule has 28 heavy (non-hydrogen) atoms. The zero-order valence-electron chi connectivity index (χ0n) is 15.0. The van der Waals surface area contributed by atoms with E-state index in [0.717, 1.165) is 37.0 Å². The molecule has 1 aliphatic rings. The third-order valence-electron chi connectivity index (χ3n) is 5.30. The first-order valence-corrected chi connectivity index (χ1v) is 9.48. The predicted molar refractivity (Wildman–Crippen MR) is 109 cm³/mol. The minimum absolute atomic E-state index is 0.0246. The Kier molecular flexibility index (Phi) is 4.96. The fourth-order valence-corrected chi connectivity index (χ4v) is 3.95. The van der Waals surface area contributed by atoms with E-state index in [4.69, 9.17) is 11.6 Å². The number of fused-ring (bicyclic) bond motifs is 1. The number of nitro benzene ring substituents is 1. The number of carbonyl (C=O) groups excluding carboxylic acids is 1. The van der Waals surface area contributed by atoms with Crippen LogP contribution in [-0.2, 0) is 0 Å². The number of carbonyl (C=O) groups is 1. The number of hydrogen-bond donors (Lipinski definition) is 0. The molecule has 6 nitrogen and oxygen atoms in total. The number of hydrogen-bond acceptors (Lipinski definition) is 5. The Morgan fingerprint density at radius 3 is 2.46 bits per heavy atom. The molecule has 0 N–H and O–H groups in total. The third kappa shape index (κ3) is 3.43. The van der Waals surface area contributed by atoms with Crippen LogP contribution in [0, 0.1) is 16.0 Å². The molecule has 3 aromatic rings. The average Bonchev–Trinajstić information content (AvgIpc) is 2.73. The first-order chi connectivity index (χ1) is 13.5. The maximum absolute atomic E-state index is 12.7. The number of piperidine rings is 1. The minimum atomic E-state index is -0.384. The Labute approximate surface area is 166 Å². The quantitative estimate of drug-likeness (QED) is 0.357. The molecule has 2 aromatic carbocycles. The Morgan fingerprint density at radius 1 is 1.07 bits per heavy atom. The Morgan fingerprint density at radius 2 is 1.79 bits per heavy atom. The summed E-state index contributed by atoms with van der Waals surface area (Å²) < 4.78 is 0. The van der Waals surface area contributed by atoms with Crippen molar-refractivity contribution in [2.75, 3.05) is 18.0 Å². The number of benzene rings is 2. The number of non-ortho nitro benzene ring substituents is 1. The Hall–Kier alpha value is -2.99. The first-order valence-electron chi connectivity index (χ1n) is 9.10. The number of halogens is 1. The van der Waals surface area contributed by atoms with Gasteiger partial charge in [0.25, 0.3) is 5.69 Å². The number of ketones is 1. The molecule has 1 aromatic heterocycles. The van der Waals surface area contributed by atoms with E-state index in [2.05, 4.69) is 9.88 Å². The van der Waals surface area contributed by atoms with Gasteiger partial charge < -0.3 is 4.90 Å². The lowest BCUT2D eigenvalue weighted by molar-refractivity contribution is -0.383. The summed E-state index contributed by atoms with van der Waals surface area (Å²) in [5.41, 5.74) is 1.69. The zero-order valence-corrected chi connectivity index (χ0v) is 15.8. The molecule has 1 saturated heterocycles. The lowest BCUT2D eigenvalue weighted by atomic mass is 9.88. The molecule has 0 radical (unpaired) electrons. The number of anilines is 1. The van der Waals surface area contributed by atoms with Gasteiger partial charge >= 0.3 is 0 Å². The maximum Gasteiger partial charge on any atom is 0.278 e. The van der Waals surface area contributed by atoms with Crippen molar-refractivity contribution in [3.8, 4) is 0 Å². The van der Waals surface area contributed by atoms with Gasteiger partial charge in [-0.3, -0.25) is 19.9 Å². The van der Waals surface area contributed by atoms with Gasteiger partial charge in [0.2, 0.25) is 0 Å². The van der Waals surface area contributed by atoms with Gasteiger partial charge in [0.15, 0.2) is 5.78 Å². The number of rotatable bonds is 4. The van der Waals surface area contributed by atoms with Gasteiger partial charge in [-0.05, 0) is 49.2 Å². The predicted octanol–water partition coefficient (Wildman–Crippen LogP) is 4.90. The van der Waals surface area contributed by atoms with Crippen LogP contribution < -0.4 is 4.90 Å². The lowest BCUT2D eigenvalue weighted by Gasteiger charge is -2.33. The molecule has 7 heteroatoms. The lowest BCUT2D eigenvalue weighted by Crippen LogP contribution is -2.36. The SMILES string of the molecule is O=C(c1ccc(Cl)cc1)C1CCN(c2ccc([N+](=O)[O-])c3cnccc23)CC1. The van der Waals surface area contributed by atoms with Crippen molar-refractivity contribution in [1.82, 2.24) is 4.98 Å². The summed E-state index contributed by atoms with van der Waals surface area (Å²) in [6.07, 6.45) is 4.66. The molecule has 2 heterocycles. The average molecular weight is 396 g/mol. The van der Waals surface area contributed by atoms with Gasteiger partial charge in [-0.15, -0.1) is 0 Å². The van der Waals surface area contributed by atoms with E-state index in [-0.39, 0.29) is 22.3 Å². The summed E-state index contributed by atoms with van der Waals surface area (Å²) in [6, 6.07) is 12.2. The molecule has 0 aliphatic carbocycles. The first kappa shape index (κ1) is 18.4. The van der Waals surface area contributed by atoms with Crippen LogP contribution in [0.5, 0.6) is 0 Å². The van der Waals surface area contributed by atoms with Crippen LogP contribution >= 0.6 is 11.6 Å². The number of aromatic nitrogens is 1. The Bertz CT molecular complexity index is 1040. The number of nitro groups is 1. The maximum atomic E-state index is 12.7. The van der Waals surface area contributed by atoms with Gasteiger partial charge in [0.05, 0.1) is 10.3 Å². The highest BCUT2D eigenvalue weighted by Crippen LogP contribution is 2.35. The van der Waals surface area contributed by atoms with Gasteiger partial charge in [-0.2, -0.15) is 0 Å². The highest BCUT2D eigenvalue weighted by atomic mass is 35.5. The van der Waals surface area contributed by atoms with E-state index in [9.17, 15) is 14.9 Å². The van der Waals surface area contributed by atoms with E-state index >= 15 is 0 Å². The van der Waals surface area contributed by atoms with Gasteiger partial charge in [0, 0.05) is 59.1 Å². The molecule has 1 aliphatic heterocycles. The van der Waals surface area contributed by atoms with Gasteiger partial charge in [-0.25, -0.2) is 0 Å². The summed E-state index contributed by atoms with van der Waals surface area (Å²) in [5, 5.41) is 13.3. The molecule has 142 valence electrons. The van der Waals surface area contributed by atoms with E-state index in [1.54, 1.807) is 36.5 Å². The zero-order chi connectivity index (χ0) is 19.7. The topological polar surface area (TPSA) is 76.3 Å². The second kappa shape index (κ2) is 7.56. The van der Waals surface area contributed by atoms with Crippen LogP contribution in [0.25, 0.3) is 10.8 Å². The largest absolute Gasteiger partial charge is 0.371 e. The van der Waals surface area contributed by atoms with E-state index in [1.807, 2.05) is 6.07 Å². The normalized spacial score (nSPS) is 15.0. The molecule has 0 atom stereocenters. The summed E-state index contributed by atoms with van der Waals surface area (Å²) in [4.78, 5) is 29.9. The van der Waals surface area contributed by atoms with Gasteiger partial charge in [0.1, 0.15) is 0 Å². The monoisotopic (exact) mass is 395 g/mol. The highest BCUT2D eigenvalue weighted by Gasteiger charge is 2.27. The van der Waals surface area contributed by atoms with E-state index in [0.29, 0.717) is 16.0 Å². The van der Waals surface area contributed by atoms with Crippen molar-refractivity contribution in [3.05, 3.63) is 75.6 Å². The minimum Gasteiger partial charge on any atom is -0.371 e. The fourth-order valence-electron chi connectivity index (χ4n) is 3.83. The van der Waals surface area contributed by atoms with Crippen molar-refractivity contribution in [3.63, 3.8) is 0 Å². The second-order valence-electron chi connectivity index (χ2n) is 6.91. The van der Waals surface area contributed by atoms with Gasteiger partial charge in [-0.1, -0.05) is 11.6 Å². The van der Waals surface area contributed by atoms with Crippen molar-refractivity contribution < 1.29 is 9.72 Å². The molecule has 0 spiro atoms. The van der Waals surface area contributed by atoms with Crippen LogP contribution in [0.4, 0.5) is 11.4 Å². The molecule has 0 unspecified atom stereocenters. The third-order valence-corrected chi connectivity index (χ3v) is 5.56. The summed E-state index contributed by atoms with van der Waals surface area (Å²) in [6.45, 7) is 1.44. The van der Waals surface area contributed by atoms with Crippen molar-refractivity contribution in [1.29, 1.82) is 0 Å². The second-order valence-corrected chi connectivity index (χ2v) is 7.35. The number of Topliss-reactive ketones (excluding diaryl/α,β-unsaturated/α-hetero) is 1. The Balaban J connectivity index is 1.54. The summed E-state index contributed by atoms with van der Waals surface area (Å²) in [7, 11) is 0. The van der Waals surface area contributed by atoms with E-state index < -0.39 is 0 Å². The fraction of sp³-hybridized carbons (Fsp3) is 0.238. The van der Waals surface area contributed by atoms with Crippen molar-refractivity contribution in [2.24, 2.45) is 5.92 Å². The molecular formula is C21H18ClN3O3. The molecule has 0 amide bonds. The molecule has 1 fully saturated rings. The molecule has 0 bridgehead atoms. The van der Waals surface area contributed by atoms with Crippen LogP contribution in [-0.4, -0.2) is 28.8 Å². The van der Waals surface area contributed by atoms with Crippen LogP contribution in [0.15, 0.2) is 54.9 Å². The highest BCUT2D eigenvalue weighted by molar-refractivity contribution is 6.30. The summed E-state index contributed by atoms with van der Waals surface area (Å²) in [5.74, 6) is 0.123. The molecule has 0 saturated carbocycles. The van der Waals surface area contributed by atoms with Crippen molar-refractivity contribution >= 4 is 39.5 Å². The smallest absolute Gasteiger partial charge is 0.278 e. The number of nitrogens with zero attached hydrogens (tertiary/aromatic N) is 3. The molecule has 4 rings (SSSR count). The van der Waals surface area contributed by atoms with Crippen molar-refractivity contribution in [2.45, 2.75) is 12.8 Å². The summed E-state index contributed by atoms with van der Waals surface area (Å²) >= 11 is 5.90. The van der Waals surface area contributed by atoms with E-state index in [1.165, 1.54) is 12.3 Å². The van der Waals surface area contributed by atoms with Crippen LogP contribution in [0.1, 0.15) is 23.2 Å². The van der Waals surface area contributed by atoms with Crippen LogP contribution in [0.3, 0.4) is 0 Å². The van der Waals surface area contributed by atoms with Crippen LogP contribution in [0.2, 0.25) is 5.02 Å². The standard InChI is InChI=1S/C21H18ClN3O3/c22-16-3-1-14(2-4-16)21(26)15-8-11-24(12-9-15)19-5-6-20(25(27)28)18-13-23-10-7-17(18)19/h1-7,10,13,15H,8-9,11-12H2.